The van der Waals surface area contributed by atoms with Crippen molar-refractivity contribution >= 4 is 46.6 Å². The Hall–Kier alpha value is -2.57. The second kappa shape index (κ2) is 9.05. The zero-order valence-electron chi connectivity index (χ0n) is 13.5. The first kappa shape index (κ1) is 18.8. The Labute approximate surface area is 155 Å². The quantitative estimate of drug-likeness (QED) is 0.442. The Kier molecular flexibility index (Phi) is 6.80. The lowest BCUT2D eigenvalue weighted by molar-refractivity contribution is 0.106. The predicted octanol–water partition coefficient (Wildman–Crippen LogP) is 4.29. The molecular weight excluding hydrogens is 365 g/mol. The number of carbonyl (C=O) groups excluding carboxylic acids is 1. The summed E-state index contributed by atoms with van der Waals surface area (Å²) < 4.78 is 5.09. The van der Waals surface area contributed by atoms with Crippen LogP contribution in [0.15, 0.2) is 52.7 Å². The van der Waals surface area contributed by atoms with Crippen LogP contribution in [0.4, 0.5) is 5.69 Å². The van der Waals surface area contributed by atoms with Crippen molar-refractivity contribution in [3.8, 4) is 5.75 Å². The molecule has 0 amide bonds. The number of halogens is 2. The monoisotopic (exact) mass is 379 g/mol. The molecular formula is C17H15Cl2N3O3. The van der Waals surface area contributed by atoms with E-state index in [1.165, 1.54) is 19.4 Å². The third kappa shape index (κ3) is 5.20. The fourth-order valence-electron chi connectivity index (χ4n) is 1.82. The fraction of sp³-hybridized carbons (Fsp3) is 0.118. The molecule has 0 radical (unpaired) electrons. The van der Waals surface area contributed by atoms with Crippen molar-refractivity contribution in [3.05, 3.63) is 58.1 Å². The van der Waals surface area contributed by atoms with Gasteiger partial charge in [-0.1, -0.05) is 28.4 Å². The molecule has 0 heterocycles. The maximum absolute atomic E-state index is 12.6. The van der Waals surface area contributed by atoms with Gasteiger partial charge >= 0.3 is 0 Å². The average molecular weight is 380 g/mol. The van der Waals surface area contributed by atoms with Crippen LogP contribution in [0.5, 0.6) is 5.75 Å². The number of nitrogens with one attached hydrogen (secondary N) is 1. The molecule has 0 unspecified atom stereocenters. The van der Waals surface area contributed by atoms with E-state index in [1.54, 1.807) is 43.5 Å². The summed E-state index contributed by atoms with van der Waals surface area (Å²) in [7, 11) is 2.95. The smallest absolute Gasteiger partial charge is 0.214 e. The van der Waals surface area contributed by atoms with Gasteiger partial charge in [0.1, 0.15) is 12.9 Å². The van der Waals surface area contributed by atoms with Crippen molar-refractivity contribution in [2.24, 2.45) is 10.3 Å². The Balaban J connectivity index is 2.25. The van der Waals surface area contributed by atoms with Crippen LogP contribution in [0.25, 0.3) is 0 Å². The molecule has 0 saturated carbocycles. The highest BCUT2D eigenvalue weighted by molar-refractivity contribution is 6.65. The first-order chi connectivity index (χ1) is 12.0. The molecule has 0 aromatic heterocycles. The second-order valence-electron chi connectivity index (χ2n) is 4.71. The number of hydrogen-bond donors (Lipinski definition) is 1. The number of benzene rings is 2. The maximum atomic E-state index is 12.6. The third-order valence-corrected chi connectivity index (χ3v) is 3.83. The Bertz CT molecular complexity index is 805. The zero-order chi connectivity index (χ0) is 18.2. The number of methoxy groups -OCH3 is 1. The molecule has 0 bridgehead atoms. The van der Waals surface area contributed by atoms with E-state index < -0.39 is 0 Å². The van der Waals surface area contributed by atoms with Gasteiger partial charge in [-0.25, -0.2) is 0 Å². The Morgan fingerprint density at radius 2 is 1.80 bits per heavy atom. The largest absolute Gasteiger partial charge is 0.497 e. The van der Waals surface area contributed by atoms with Gasteiger partial charge in [0.2, 0.25) is 5.78 Å². The van der Waals surface area contributed by atoms with Crippen molar-refractivity contribution in [2.75, 3.05) is 19.6 Å². The molecule has 130 valence electrons. The van der Waals surface area contributed by atoms with E-state index in [1.807, 2.05) is 0 Å². The van der Waals surface area contributed by atoms with Crippen molar-refractivity contribution < 1.29 is 14.4 Å². The van der Waals surface area contributed by atoms with Crippen LogP contribution in [0.1, 0.15) is 10.4 Å². The highest BCUT2D eigenvalue weighted by Gasteiger charge is 2.14. The summed E-state index contributed by atoms with van der Waals surface area (Å²) >= 11 is 11.8. The Morgan fingerprint density at radius 3 is 2.40 bits per heavy atom. The lowest BCUT2D eigenvalue weighted by Gasteiger charge is -2.05. The highest BCUT2D eigenvalue weighted by Crippen LogP contribution is 2.23. The number of hydrogen-bond acceptors (Lipinski definition) is 6. The molecule has 0 aliphatic carbocycles. The predicted molar refractivity (Wildman–Crippen MR) is 100 cm³/mol. The number of oxime groups is 1. The van der Waals surface area contributed by atoms with Gasteiger partial charge in [0.25, 0.3) is 0 Å². The van der Waals surface area contributed by atoms with Gasteiger partial charge in [-0.05, 0) is 42.5 Å². The van der Waals surface area contributed by atoms with Crippen LogP contribution in [-0.4, -0.2) is 31.9 Å². The SMILES string of the molecule is CO/N=C/C(=N\Nc1ccc(OC)cc1)C(=O)c1ccc(Cl)c(Cl)c1. The molecule has 2 aromatic carbocycles. The third-order valence-electron chi connectivity index (χ3n) is 3.09. The number of Topliss-reactive ketones (excluding diaryl/α,β-unsaturated/α-hetero) is 1. The van der Waals surface area contributed by atoms with E-state index in [9.17, 15) is 4.79 Å². The second-order valence-corrected chi connectivity index (χ2v) is 5.53. The van der Waals surface area contributed by atoms with Gasteiger partial charge < -0.3 is 9.57 Å². The lowest BCUT2D eigenvalue weighted by atomic mass is 10.1. The van der Waals surface area contributed by atoms with Gasteiger partial charge in [-0.15, -0.1) is 0 Å². The molecule has 25 heavy (non-hydrogen) atoms. The topological polar surface area (TPSA) is 72.3 Å². The van der Waals surface area contributed by atoms with E-state index in [4.69, 9.17) is 27.9 Å². The van der Waals surface area contributed by atoms with Gasteiger partial charge in [0.15, 0.2) is 5.71 Å². The maximum Gasteiger partial charge on any atom is 0.214 e. The zero-order valence-corrected chi connectivity index (χ0v) is 15.0. The minimum absolute atomic E-state index is 0.0380. The molecule has 6 nitrogen and oxygen atoms in total. The molecule has 2 rings (SSSR count). The summed E-state index contributed by atoms with van der Waals surface area (Å²) in [5, 5.41) is 8.33. The number of ether oxygens (including phenoxy) is 1. The molecule has 0 aliphatic rings. The number of carbonyl (C=O) groups is 1. The van der Waals surface area contributed by atoms with Gasteiger partial charge in [0, 0.05) is 5.56 Å². The van der Waals surface area contributed by atoms with Gasteiger partial charge in [0.05, 0.1) is 29.1 Å². The molecule has 0 atom stereocenters. The van der Waals surface area contributed by atoms with E-state index in [0.717, 1.165) is 0 Å². The van der Waals surface area contributed by atoms with Crippen molar-refractivity contribution in [1.29, 1.82) is 0 Å². The van der Waals surface area contributed by atoms with Crippen molar-refractivity contribution in [1.82, 2.24) is 0 Å². The lowest BCUT2D eigenvalue weighted by Crippen LogP contribution is -2.18. The number of rotatable bonds is 7. The number of nitrogens with zero attached hydrogens (tertiary/aromatic N) is 2. The van der Waals surface area contributed by atoms with E-state index in [2.05, 4.69) is 20.5 Å². The fourth-order valence-corrected chi connectivity index (χ4v) is 2.11. The minimum atomic E-state index is -0.389. The number of ketones is 1. The number of hydrazone groups is 1. The summed E-state index contributed by atoms with van der Waals surface area (Å²) in [6.07, 6.45) is 1.21. The first-order valence-electron chi connectivity index (χ1n) is 7.09. The van der Waals surface area contributed by atoms with Crippen LogP contribution in [0.3, 0.4) is 0 Å². The molecule has 1 N–H and O–H groups in total. The van der Waals surface area contributed by atoms with Crippen LogP contribution < -0.4 is 10.2 Å². The summed E-state index contributed by atoms with van der Waals surface area (Å²) in [6.45, 7) is 0. The van der Waals surface area contributed by atoms with Crippen molar-refractivity contribution in [2.45, 2.75) is 0 Å². The van der Waals surface area contributed by atoms with E-state index in [0.29, 0.717) is 22.0 Å². The highest BCUT2D eigenvalue weighted by atomic mass is 35.5. The Morgan fingerprint density at radius 1 is 1.08 bits per heavy atom. The van der Waals surface area contributed by atoms with Crippen LogP contribution in [0, 0.1) is 0 Å². The molecule has 8 heteroatoms. The van der Waals surface area contributed by atoms with Crippen LogP contribution in [-0.2, 0) is 4.84 Å². The average Bonchev–Trinajstić information content (AvgIpc) is 2.64. The van der Waals surface area contributed by atoms with Gasteiger partial charge in [-0.2, -0.15) is 5.10 Å². The summed E-state index contributed by atoms with van der Waals surface area (Å²) in [5.41, 5.74) is 3.82. The minimum Gasteiger partial charge on any atom is -0.497 e. The first-order valence-corrected chi connectivity index (χ1v) is 7.84. The van der Waals surface area contributed by atoms with Crippen molar-refractivity contribution in [3.63, 3.8) is 0 Å². The summed E-state index contributed by atoms with van der Waals surface area (Å²) in [4.78, 5) is 17.2. The van der Waals surface area contributed by atoms with Crippen LogP contribution in [0.2, 0.25) is 10.0 Å². The molecule has 0 saturated heterocycles. The molecule has 2 aromatic rings. The normalized spacial score (nSPS) is 11.4. The standard InChI is InChI=1S/C17H15Cl2N3O3/c1-24-13-6-4-12(5-7-13)21-22-16(10-20-25-2)17(23)11-3-8-14(18)15(19)9-11/h3-10,21H,1-2H3/b20-10+,22-16+. The van der Waals surface area contributed by atoms with E-state index in [-0.39, 0.29) is 16.5 Å². The molecule has 0 aliphatic heterocycles. The van der Waals surface area contributed by atoms with Crippen LogP contribution >= 0.6 is 23.2 Å². The summed E-state index contributed by atoms with van der Waals surface area (Å²) in [5.74, 6) is 0.322. The van der Waals surface area contributed by atoms with E-state index >= 15 is 0 Å². The number of anilines is 1. The molecule has 0 spiro atoms. The summed E-state index contributed by atoms with van der Waals surface area (Å²) in [6, 6.07) is 11.6. The molecule has 0 fully saturated rings. The van der Waals surface area contributed by atoms with Gasteiger partial charge in [-0.3, -0.25) is 10.2 Å².